The SMILES string of the molecule is CCCc1ccc(C(NC(=O)Cc2c(C)noc2C)C(C)C)cc1. The smallest absolute Gasteiger partial charge is 0.225 e. The Balaban J connectivity index is 2.09. The van der Waals surface area contributed by atoms with Crippen LogP contribution in [0, 0.1) is 19.8 Å². The summed E-state index contributed by atoms with van der Waals surface area (Å²) in [7, 11) is 0. The first-order valence-corrected chi connectivity index (χ1v) is 8.72. The average Bonchev–Trinajstić information content (AvgIpc) is 2.85. The van der Waals surface area contributed by atoms with Crippen LogP contribution < -0.4 is 5.32 Å². The number of carbonyl (C=O) groups is 1. The zero-order valence-electron chi connectivity index (χ0n) is 15.3. The van der Waals surface area contributed by atoms with E-state index in [0.717, 1.165) is 29.7 Å². The number of amides is 1. The summed E-state index contributed by atoms with van der Waals surface area (Å²) in [5, 5.41) is 7.08. The molecule has 2 aromatic rings. The van der Waals surface area contributed by atoms with Crippen molar-refractivity contribution < 1.29 is 9.32 Å². The van der Waals surface area contributed by atoms with Crippen LogP contribution in [0.4, 0.5) is 0 Å². The largest absolute Gasteiger partial charge is 0.361 e. The van der Waals surface area contributed by atoms with E-state index < -0.39 is 0 Å². The summed E-state index contributed by atoms with van der Waals surface area (Å²) in [5.41, 5.74) is 4.16. The predicted octanol–water partition coefficient (Wildman–Crippen LogP) is 4.30. The highest BCUT2D eigenvalue weighted by atomic mass is 16.5. The van der Waals surface area contributed by atoms with E-state index >= 15 is 0 Å². The lowest BCUT2D eigenvalue weighted by Crippen LogP contribution is -2.33. The lowest BCUT2D eigenvalue weighted by molar-refractivity contribution is -0.121. The molecule has 0 radical (unpaired) electrons. The van der Waals surface area contributed by atoms with Gasteiger partial charge in [-0.2, -0.15) is 0 Å². The van der Waals surface area contributed by atoms with Gasteiger partial charge in [0, 0.05) is 5.56 Å². The van der Waals surface area contributed by atoms with Gasteiger partial charge in [0.2, 0.25) is 5.91 Å². The van der Waals surface area contributed by atoms with Crippen molar-refractivity contribution in [1.82, 2.24) is 10.5 Å². The number of aryl methyl sites for hydroxylation is 3. The summed E-state index contributed by atoms with van der Waals surface area (Å²) in [6.45, 7) is 10.1. The van der Waals surface area contributed by atoms with E-state index in [2.05, 4.69) is 55.5 Å². The summed E-state index contributed by atoms with van der Waals surface area (Å²) in [6.07, 6.45) is 2.53. The van der Waals surface area contributed by atoms with E-state index in [1.54, 1.807) is 0 Å². The molecule has 0 aliphatic heterocycles. The van der Waals surface area contributed by atoms with Crippen molar-refractivity contribution in [2.75, 3.05) is 0 Å². The van der Waals surface area contributed by atoms with Crippen LogP contribution in [0.5, 0.6) is 0 Å². The fourth-order valence-corrected chi connectivity index (χ4v) is 2.95. The molecule has 0 saturated heterocycles. The first-order valence-electron chi connectivity index (χ1n) is 8.72. The number of nitrogens with one attached hydrogen (secondary N) is 1. The fraction of sp³-hybridized carbons (Fsp3) is 0.500. The number of nitrogens with zero attached hydrogens (tertiary/aromatic N) is 1. The monoisotopic (exact) mass is 328 g/mol. The molecule has 0 aliphatic rings. The Kier molecular flexibility index (Phi) is 6.18. The Morgan fingerprint density at radius 2 is 1.88 bits per heavy atom. The highest BCUT2D eigenvalue weighted by Gasteiger charge is 2.20. The zero-order valence-corrected chi connectivity index (χ0v) is 15.3. The van der Waals surface area contributed by atoms with Gasteiger partial charge < -0.3 is 9.84 Å². The summed E-state index contributed by atoms with van der Waals surface area (Å²) < 4.78 is 5.14. The molecule has 0 saturated carbocycles. The van der Waals surface area contributed by atoms with Crippen molar-refractivity contribution in [3.8, 4) is 0 Å². The Morgan fingerprint density at radius 1 is 1.21 bits per heavy atom. The highest BCUT2D eigenvalue weighted by Crippen LogP contribution is 2.23. The quantitative estimate of drug-likeness (QED) is 0.824. The Hall–Kier alpha value is -2.10. The maximum atomic E-state index is 12.5. The van der Waals surface area contributed by atoms with Crippen LogP contribution in [-0.2, 0) is 17.6 Å². The molecule has 4 heteroatoms. The standard InChI is InChI=1S/C20H28N2O2/c1-6-7-16-8-10-17(11-9-16)20(13(2)3)21-19(23)12-18-14(4)22-24-15(18)5/h8-11,13,20H,6-7,12H2,1-5H3,(H,21,23). The van der Waals surface area contributed by atoms with Gasteiger partial charge in [0.05, 0.1) is 18.2 Å². The summed E-state index contributed by atoms with van der Waals surface area (Å²) in [4.78, 5) is 12.5. The van der Waals surface area contributed by atoms with Gasteiger partial charge in [-0.25, -0.2) is 0 Å². The van der Waals surface area contributed by atoms with Crippen LogP contribution in [0.2, 0.25) is 0 Å². The molecule has 1 heterocycles. The van der Waals surface area contributed by atoms with Gasteiger partial charge in [-0.1, -0.05) is 56.6 Å². The van der Waals surface area contributed by atoms with Gasteiger partial charge in [-0.15, -0.1) is 0 Å². The van der Waals surface area contributed by atoms with Gasteiger partial charge >= 0.3 is 0 Å². The Bertz CT molecular complexity index is 652. The van der Waals surface area contributed by atoms with Crippen LogP contribution in [0.1, 0.15) is 61.4 Å². The summed E-state index contributed by atoms with van der Waals surface area (Å²) in [6, 6.07) is 8.59. The first kappa shape index (κ1) is 18.2. The summed E-state index contributed by atoms with van der Waals surface area (Å²) >= 11 is 0. The zero-order chi connectivity index (χ0) is 17.7. The number of hydrogen-bond acceptors (Lipinski definition) is 3. The number of carbonyl (C=O) groups excluding carboxylic acids is 1. The molecule has 1 amide bonds. The van der Waals surface area contributed by atoms with Crippen LogP contribution in [-0.4, -0.2) is 11.1 Å². The van der Waals surface area contributed by atoms with Crippen LogP contribution >= 0.6 is 0 Å². The molecular weight excluding hydrogens is 300 g/mol. The third-order valence-corrected chi connectivity index (χ3v) is 4.38. The number of hydrogen-bond donors (Lipinski definition) is 1. The molecule has 1 aromatic heterocycles. The van der Waals surface area contributed by atoms with Crippen molar-refractivity contribution in [3.05, 3.63) is 52.4 Å². The van der Waals surface area contributed by atoms with E-state index in [-0.39, 0.29) is 11.9 Å². The molecule has 0 bridgehead atoms. The lowest BCUT2D eigenvalue weighted by atomic mass is 9.94. The summed E-state index contributed by atoms with van der Waals surface area (Å²) in [5.74, 6) is 1.03. The molecule has 1 aromatic carbocycles. The molecule has 0 aliphatic carbocycles. The third-order valence-electron chi connectivity index (χ3n) is 4.38. The van der Waals surface area contributed by atoms with E-state index in [0.29, 0.717) is 18.1 Å². The third kappa shape index (κ3) is 4.47. The second-order valence-corrected chi connectivity index (χ2v) is 6.76. The van der Waals surface area contributed by atoms with Crippen molar-refractivity contribution in [2.45, 2.75) is 59.9 Å². The molecule has 1 N–H and O–H groups in total. The molecule has 4 nitrogen and oxygen atoms in total. The molecule has 130 valence electrons. The molecular formula is C20H28N2O2. The normalized spacial score (nSPS) is 12.4. The van der Waals surface area contributed by atoms with Gasteiger partial charge in [0.15, 0.2) is 0 Å². The molecule has 24 heavy (non-hydrogen) atoms. The second kappa shape index (κ2) is 8.13. The van der Waals surface area contributed by atoms with E-state index in [1.807, 2.05) is 13.8 Å². The Labute approximate surface area is 144 Å². The molecule has 1 atom stereocenters. The molecule has 0 spiro atoms. The highest BCUT2D eigenvalue weighted by molar-refractivity contribution is 5.79. The van der Waals surface area contributed by atoms with E-state index in [1.165, 1.54) is 5.56 Å². The molecule has 1 unspecified atom stereocenters. The maximum Gasteiger partial charge on any atom is 0.225 e. The van der Waals surface area contributed by atoms with E-state index in [4.69, 9.17) is 4.52 Å². The predicted molar refractivity (Wildman–Crippen MR) is 95.8 cm³/mol. The van der Waals surface area contributed by atoms with Crippen molar-refractivity contribution in [3.63, 3.8) is 0 Å². The molecule has 0 fully saturated rings. The van der Waals surface area contributed by atoms with Gasteiger partial charge in [0.25, 0.3) is 0 Å². The number of aromatic nitrogens is 1. The average molecular weight is 328 g/mol. The van der Waals surface area contributed by atoms with Crippen LogP contribution in [0.3, 0.4) is 0 Å². The minimum Gasteiger partial charge on any atom is -0.361 e. The van der Waals surface area contributed by atoms with Crippen molar-refractivity contribution >= 4 is 5.91 Å². The minimum atomic E-state index is 0.000680. The fourth-order valence-electron chi connectivity index (χ4n) is 2.95. The van der Waals surface area contributed by atoms with Crippen molar-refractivity contribution in [2.24, 2.45) is 5.92 Å². The maximum absolute atomic E-state index is 12.5. The van der Waals surface area contributed by atoms with Crippen LogP contribution in [0.25, 0.3) is 0 Å². The lowest BCUT2D eigenvalue weighted by Gasteiger charge is -2.23. The van der Waals surface area contributed by atoms with Gasteiger partial charge in [0.1, 0.15) is 5.76 Å². The van der Waals surface area contributed by atoms with Gasteiger partial charge in [-0.05, 0) is 37.3 Å². The molecule has 2 rings (SSSR count). The Morgan fingerprint density at radius 3 is 2.38 bits per heavy atom. The second-order valence-electron chi connectivity index (χ2n) is 6.76. The van der Waals surface area contributed by atoms with Crippen molar-refractivity contribution in [1.29, 1.82) is 0 Å². The van der Waals surface area contributed by atoms with Crippen LogP contribution in [0.15, 0.2) is 28.8 Å². The minimum absolute atomic E-state index is 0.000680. The number of rotatable bonds is 7. The van der Waals surface area contributed by atoms with E-state index in [9.17, 15) is 4.79 Å². The topological polar surface area (TPSA) is 55.1 Å². The van der Waals surface area contributed by atoms with Gasteiger partial charge in [-0.3, -0.25) is 4.79 Å². The first-order chi connectivity index (χ1) is 11.4. The number of benzene rings is 1.